The summed E-state index contributed by atoms with van der Waals surface area (Å²) >= 11 is 0. The molecular formula is C15H14N2O2. The van der Waals surface area contributed by atoms with Gasteiger partial charge in [-0.15, -0.1) is 0 Å². The fourth-order valence-corrected chi connectivity index (χ4v) is 1.69. The molecule has 0 atom stereocenters. The summed E-state index contributed by atoms with van der Waals surface area (Å²) in [6, 6.07) is 12.6. The zero-order valence-corrected chi connectivity index (χ0v) is 10.8. The van der Waals surface area contributed by atoms with Gasteiger partial charge in [-0.2, -0.15) is 5.26 Å². The smallest absolute Gasteiger partial charge is 0.169 e. The van der Waals surface area contributed by atoms with Crippen LogP contribution in [0.15, 0.2) is 36.4 Å². The van der Waals surface area contributed by atoms with Crippen LogP contribution in [0.5, 0.6) is 17.2 Å². The molecule has 0 aliphatic carbocycles. The fraction of sp³-hybridized carbons (Fsp3) is 0.133. The molecule has 0 bridgehead atoms. The predicted molar refractivity (Wildman–Crippen MR) is 73.4 cm³/mol. The number of nitrogen functional groups attached to an aromatic ring is 1. The second kappa shape index (κ2) is 5.32. The molecule has 0 saturated carbocycles. The van der Waals surface area contributed by atoms with Gasteiger partial charge in [0.05, 0.1) is 12.7 Å². The molecule has 2 rings (SSSR count). The largest absolute Gasteiger partial charge is 0.493 e. The summed E-state index contributed by atoms with van der Waals surface area (Å²) in [6.07, 6.45) is 0. The molecular weight excluding hydrogens is 240 g/mol. The summed E-state index contributed by atoms with van der Waals surface area (Å²) in [5, 5.41) is 9.08. The Bertz CT molecular complexity index is 645. The molecule has 2 N–H and O–H groups in total. The van der Waals surface area contributed by atoms with Crippen molar-refractivity contribution >= 4 is 5.69 Å². The zero-order valence-electron chi connectivity index (χ0n) is 10.8. The van der Waals surface area contributed by atoms with Gasteiger partial charge in [-0.05, 0) is 36.8 Å². The molecule has 2 aromatic carbocycles. The lowest BCUT2D eigenvalue weighted by molar-refractivity contribution is 0.378. The molecule has 0 heterocycles. The maximum Gasteiger partial charge on any atom is 0.169 e. The number of methoxy groups -OCH3 is 1. The molecule has 0 aliphatic rings. The molecule has 0 saturated heterocycles. The number of hydrogen-bond acceptors (Lipinski definition) is 4. The highest BCUT2D eigenvalue weighted by atomic mass is 16.5. The van der Waals surface area contributed by atoms with Crippen LogP contribution < -0.4 is 15.2 Å². The molecule has 96 valence electrons. The molecule has 2 aromatic rings. The van der Waals surface area contributed by atoms with E-state index < -0.39 is 0 Å². The number of anilines is 1. The minimum Gasteiger partial charge on any atom is -0.493 e. The van der Waals surface area contributed by atoms with Crippen molar-refractivity contribution in [1.29, 1.82) is 5.26 Å². The van der Waals surface area contributed by atoms with Crippen LogP contribution >= 0.6 is 0 Å². The molecule has 0 aliphatic heterocycles. The van der Waals surface area contributed by atoms with E-state index in [-0.39, 0.29) is 0 Å². The lowest BCUT2D eigenvalue weighted by atomic mass is 10.1. The Morgan fingerprint density at radius 3 is 2.53 bits per heavy atom. The molecule has 4 heteroatoms. The zero-order chi connectivity index (χ0) is 13.8. The van der Waals surface area contributed by atoms with Crippen molar-refractivity contribution in [3.8, 4) is 23.3 Å². The van der Waals surface area contributed by atoms with Crippen LogP contribution in [0.25, 0.3) is 0 Å². The van der Waals surface area contributed by atoms with Gasteiger partial charge >= 0.3 is 0 Å². The summed E-state index contributed by atoms with van der Waals surface area (Å²) in [6.45, 7) is 1.94. The second-order valence-electron chi connectivity index (χ2n) is 4.12. The number of aryl methyl sites for hydroxylation is 1. The van der Waals surface area contributed by atoms with Crippen LogP contribution in [0.2, 0.25) is 0 Å². The van der Waals surface area contributed by atoms with E-state index in [0.29, 0.717) is 28.5 Å². The van der Waals surface area contributed by atoms with Gasteiger partial charge in [0, 0.05) is 11.8 Å². The van der Waals surface area contributed by atoms with Crippen molar-refractivity contribution in [2.24, 2.45) is 0 Å². The first kappa shape index (κ1) is 12.8. The topological polar surface area (TPSA) is 68.3 Å². The minimum absolute atomic E-state index is 0.476. The molecule has 19 heavy (non-hydrogen) atoms. The number of benzene rings is 2. The van der Waals surface area contributed by atoms with E-state index in [2.05, 4.69) is 6.07 Å². The predicted octanol–water partition coefficient (Wildman–Crippen LogP) is 3.25. The summed E-state index contributed by atoms with van der Waals surface area (Å²) < 4.78 is 11.0. The highest BCUT2D eigenvalue weighted by molar-refractivity contribution is 5.55. The van der Waals surface area contributed by atoms with Crippen molar-refractivity contribution in [3.63, 3.8) is 0 Å². The van der Waals surface area contributed by atoms with Gasteiger partial charge in [0.25, 0.3) is 0 Å². The number of nitrogens with zero attached hydrogens (tertiary/aromatic N) is 1. The quantitative estimate of drug-likeness (QED) is 0.854. The van der Waals surface area contributed by atoms with E-state index in [1.165, 1.54) is 0 Å². The maximum absolute atomic E-state index is 9.08. The Hall–Kier alpha value is -2.67. The third-order valence-electron chi connectivity index (χ3n) is 2.67. The van der Waals surface area contributed by atoms with Crippen LogP contribution in [-0.2, 0) is 0 Å². The second-order valence-corrected chi connectivity index (χ2v) is 4.12. The summed E-state index contributed by atoms with van der Waals surface area (Å²) in [5.74, 6) is 1.56. The van der Waals surface area contributed by atoms with Crippen molar-refractivity contribution in [1.82, 2.24) is 0 Å². The molecule has 0 unspecified atom stereocenters. The van der Waals surface area contributed by atoms with Gasteiger partial charge in [0.1, 0.15) is 11.8 Å². The summed E-state index contributed by atoms with van der Waals surface area (Å²) in [5.41, 5.74) is 7.77. The normalized spacial score (nSPS) is 9.74. The number of nitriles is 1. The molecule has 0 aromatic heterocycles. The van der Waals surface area contributed by atoms with Crippen molar-refractivity contribution in [2.75, 3.05) is 12.8 Å². The van der Waals surface area contributed by atoms with Crippen LogP contribution in [0.1, 0.15) is 11.1 Å². The first-order chi connectivity index (χ1) is 9.13. The van der Waals surface area contributed by atoms with E-state index in [4.69, 9.17) is 20.5 Å². The van der Waals surface area contributed by atoms with E-state index >= 15 is 0 Å². The van der Waals surface area contributed by atoms with E-state index in [9.17, 15) is 0 Å². The lowest BCUT2D eigenvalue weighted by Gasteiger charge is -2.12. The standard InChI is InChI=1S/C15H14N2O2/c1-10-3-4-11(9-16)14(7-10)19-13-6-5-12(17)8-15(13)18-2/h3-8H,17H2,1-2H3. The van der Waals surface area contributed by atoms with Gasteiger partial charge in [0.15, 0.2) is 11.5 Å². The van der Waals surface area contributed by atoms with Crippen LogP contribution in [0.3, 0.4) is 0 Å². The highest BCUT2D eigenvalue weighted by Crippen LogP contribution is 2.34. The van der Waals surface area contributed by atoms with Gasteiger partial charge in [-0.3, -0.25) is 0 Å². The first-order valence-electron chi connectivity index (χ1n) is 5.76. The van der Waals surface area contributed by atoms with Gasteiger partial charge in [-0.1, -0.05) is 6.07 Å². The third kappa shape index (κ3) is 2.78. The Morgan fingerprint density at radius 1 is 1.05 bits per heavy atom. The van der Waals surface area contributed by atoms with E-state index in [1.807, 2.05) is 19.1 Å². The lowest BCUT2D eigenvalue weighted by Crippen LogP contribution is -1.94. The molecule has 0 spiro atoms. The summed E-state index contributed by atoms with van der Waals surface area (Å²) in [4.78, 5) is 0. The molecule has 0 amide bonds. The highest BCUT2D eigenvalue weighted by Gasteiger charge is 2.09. The van der Waals surface area contributed by atoms with Crippen LogP contribution in [0.4, 0.5) is 5.69 Å². The number of hydrogen-bond donors (Lipinski definition) is 1. The Kier molecular flexibility index (Phi) is 3.58. The minimum atomic E-state index is 0.476. The fourth-order valence-electron chi connectivity index (χ4n) is 1.69. The average Bonchev–Trinajstić information content (AvgIpc) is 2.41. The first-order valence-corrected chi connectivity index (χ1v) is 5.76. The van der Waals surface area contributed by atoms with Gasteiger partial charge < -0.3 is 15.2 Å². The van der Waals surface area contributed by atoms with Crippen LogP contribution in [-0.4, -0.2) is 7.11 Å². The Labute approximate surface area is 112 Å². The Balaban J connectivity index is 2.41. The Morgan fingerprint density at radius 2 is 1.84 bits per heavy atom. The molecule has 0 radical (unpaired) electrons. The van der Waals surface area contributed by atoms with E-state index in [0.717, 1.165) is 5.56 Å². The van der Waals surface area contributed by atoms with Crippen molar-refractivity contribution < 1.29 is 9.47 Å². The van der Waals surface area contributed by atoms with Crippen LogP contribution in [0, 0.1) is 18.3 Å². The van der Waals surface area contributed by atoms with Crippen molar-refractivity contribution in [2.45, 2.75) is 6.92 Å². The van der Waals surface area contributed by atoms with Gasteiger partial charge in [0.2, 0.25) is 0 Å². The monoisotopic (exact) mass is 254 g/mol. The number of nitrogens with two attached hydrogens (primary N) is 1. The van der Waals surface area contributed by atoms with Crippen molar-refractivity contribution in [3.05, 3.63) is 47.5 Å². The maximum atomic E-state index is 9.08. The van der Waals surface area contributed by atoms with E-state index in [1.54, 1.807) is 31.4 Å². The third-order valence-corrected chi connectivity index (χ3v) is 2.67. The molecule has 0 fully saturated rings. The molecule has 4 nitrogen and oxygen atoms in total. The van der Waals surface area contributed by atoms with Gasteiger partial charge in [-0.25, -0.2) is 0 Å². The number of rotatable bonds is 3. The summed E-state index contributed by atoms with van der Waals surface area (Å²) in [7, 11) is 1.54. The SMILES string of the molecule is COc1cc(N)ccc1Oc1cc(C)ccc1C#N. The number of ether oxygens (including phenoxy) is 2. The average molecular weight is 254 g/mol.